The summed E-state index contributed by atoms with van der Waals surface area (Å²) >= 11 is 0. The molecule has 3 heterocycles. The number of nitrogens with zero attached hydrogens (tertiary/aromatic N) is 3. The molecular formula is C45H53F7N8O5. The Morgan fingerprint density at radius 3 is 2.20 bits per heavy atom. The lowest BCUT2D eigenvalue weighted by Gasteiger charge is -2.41. The average molecular weight is 919 g/mol. The highest BCUT2D eigenvalue weighted by molar-refractivity contribution is 6.06. The van der Waals surface area contributed by atoms with Gasteiger partial charge in [0.25, 0.3) is 0 Å². The average Bonchev–Trinajstić information content (AvgIpc) is 3.28. The number of anilines is 1. The zero-order chi connectivity index (χ0) is 47.3. The predicted octanol–water partition coefficient (Wildman–Crippen LogP) is 5.25. The molecule has 1 aromatic heterocycles. The van der Waals surface area contributed by atoms with Crippen LogP contribution in [-0.4, -0.2) is 123 Å². The summed E-state index contributed by atoms with van der Waals surface area (Å²) in [5.41, 5.74) is -2.23. The van der Waals surface area contributed by atoms with Gasteiger partial charge >= 0.3 is 18.8 Å². The summed E-state index contributed by atoms with van der Waals surface area (Å²) in [4.78, 5) is 35.1. The van der Waals surface area contributed by atoms with Crippen molar-refractivity contribution in [3.05, 3.63) is 106 Å². The molecule has 5 rings (SSSR count). The zero-order valence-corrected chi connectivity index (χ0v) is 36.1. The summed E-state index contributed by atoms with van der Waals surface area (Å²) in [5.74, 6) is 3.53. The summed E-state index contributed by atoms with van der Waals surface area (Å²) in [6.45, 7) is 2.82. The molecule has 13 nitrogen and oxygen atoms in total. The number of hydrogen-bond donors (Lipinski definition) is 6. The minimum Gasteiger partial charge on any atom is -0.453 e. The van der Waals surface area contributed by atoms with Gasteiger partial charge in [0.15, 0.2) is 0 Å². The van der Waals surface area contributed by atoms with Crippen molar-refractivity contribution in [3.63, 3.8) is 0 Å². The Morgan fingerprint density at radius 2 is 1.62 bits per heavy atom. The predicted molar refractivity (Wildman–Crippen MR) is 228 cm³/mol. The van der Waals surface area contributed by atoms with Gasteiger partial charge in [-0.2, -0.15) is 22.0 Å². The molecule has 3 aromatic rings. The van der Waals surface area contributed by atoms with E-state index in [2.05, 4.69) is 42.0 Å². The van der Waals surface area contributed by atoms with Crippen molar-refractivity contribution >= 4 is 23.5 Å². The van der Waals surface area contributed by atoms with Gasteiger partial charge in [-0.05, 0) is 81.1 Å². The number of rotatable bonds is 17. The molecule has 0 saturated carbocycles. The van der Waals surface area contributed by atoms with Crippen molar-refractivity contribution in [2.75, 3.05) is 57.9 Å². The van der Waals surface area contributed by atoms with E-state index in [1.54, 1.807) is 35.8 Å². The molecule has 2 saturated heterocycles. The lowest BCUT2D eigenvalue weighted by atomic mass is 9.82. The molecule has 352 valence electrons. The number of aliphatic hydroxyl groups is 1. The van der Waals surface area contributed by atoms with Crippen LogP contribution < -0.4 is 26.2 Å². The highest BCUT2D eigenvalue weighted by atomic mass is 19.4. The molecule has 3 atom stereocenters. The number of allylic oxidation sites excluding steroid dienone is 1. The standard InChI is InChI=1S/C45H53F7N8O5/c1-44(2,45(50,51)52)40(58-43(63)64-3)41(62)57-37(38(61)27-54-26-33-34(46)23-31(24-35(33)47)36(53)12-15-55-42(48)49)22-29-7-4-28(5-8-29)6-9-30-10-11-39(56-25-30)60-18-16-59(17-19-60)32-13-20-65-21-14-32/h4-5,7-8,10-12,15,23-25,32,37-38,40,42,53-55,61H,13-14,16-22,26-27H2,1-3H3,(H,57,62)(H,58,63)/b15-12-,53-36?/t37-,38-,40+/m0/s1. The summed E-state index contributed by atoms with van der Waals surface area (Å²) in [7, 11) is 0.913. The van der Waals surface area contributed by atoms with Crippen LogP contribution in [0, 0.1) is 34.3 Å². The van der Waals surface area contributed by atoms with E-state index in [0.717, 1.165) is 89.6 Å². The van der Waals surface area contributed by atoms with E-state index in [0.29, 0.717) is 36.6 Å². The number of halogens is 7. The number of carbonyl (C=O) groups excluding carboxylic acids is 2. The van der Waals surface area contributed by atoms with Crippen LogP contribution in [0.1, 0.15) is 54.5 Å². The van der Waals surface area contributed by atoms with Crippen LogP contribution in [0.4, 0.5) is 41.3 Å². The number of ether oxygens (including phenoxy) is 2. The van der Waals surface area contributed by atoms with E-state index in [1.165, 1.54) is 0 Å². The van der Waals surface area contributed by atoms with Crippen molar-refractivity contribution in [1.29, 1.82) is 5.41 Å². The van der Waals surface area contributed by atoms with Gasteiger partial charge in [-0.15, -0.1) is 0 Å². The Hall–Kier alpha value is -5.75. The minimum absolute atomic E-state index is 0.151. The third-order valence-electron chi connectivity index (χ3n) is 11.4. The fourth-order valence-corrected chi connectivity index (χ4v) is 7.31. The third-order valence-corrected chi connectivity index (χ3v) is 11.4. The first-order valence-electron chi connectivity index (χ1n) is 20.9. The number of alkyl carbamates (subject to hydrolysis) is 1. The van der Waals surface area contributed by atoms with E-state index in [9.17, 15) is 36.6 Å². The van der Waals surface area contributed by atoms with E-state index in [1.807, 2.05) is 17.4 Å². The Balaban J connectivity index is 1.27. The molecule has 0 unspecified atom stereocenters. The molecule has 0 radical (unpaired) electrons. The second-order valence-electron chi connectivity index (χ2n) is 16.2. The van der Waals surface area contributed by atoms with E-state index in [-0.39, 0.29) is 12.0 Å². The highest BCUT2D eigenvalue weighted by Crippen LogP contribution is 2.40. The van der Waals surface area contributed by atoms with Gasteiger partial charge in [0.05, 0.1) is 30.4 Å². The summed E-state index contributed by atoms with van der Waals surface area (Å²) in [5, 5.41) is 27.9. The quantitative estimate of drug-likeness (QED) is 0.0457. The van der Waals surface area contributed by atoms with Gasteiger partial charge in [0.2, 0.25) is 5.91 Å². The Kier molecular flexibility index (Phi) is 17.7. The molecule has 65 heavy (non-hydrogen) atoms. The smallest absolute Gasteiger partial charge is 0.407 e. The molecule has 0 aliphatic carbocycles. The van der Waals surface area contributed by atoms with Crippen molar-refractivity contribution in [2.45, 2.75) is 76.6 Å². The van der Waals surface area contributed by atoms with Crippen LogP contribution in [0.15, 0.2) is 67.0 Å². The molecule has 2 aliphatic rings. The molecule has 0 bridgehead atoms. The van der Waals surface area contributed by atoms with Crippen LogP contribution in [0.25, 0.3) is 0 Å². The maximum Gasteiger partial charge on any atom is 0.407 e. The van der Waals surface area contributed by atoms with Crippen LogP contribution >= 0.6 is 0 Å². The number of aliphatic hydroxyl groups excluding tert-OH is 1. The van der Waals surface area contributed by atoms with Gasteiger partial charge in [0.1, 0.15) is 23.5 Å². The fraction of sp³-hybridized carbons (Fsp3) is 0.467. The number of benzene rings is 2. The van der Waals surface area contributed by atoms with Gasteiger partial charge in [-0.25, -0.2) is 18.6 Å². The maximum absolute atomic E-state index is 15.0. The van der Waals surface area contributed by atoms with Gasteiger partial charge in [-0.1, -0.05) is 24.0 Å². The van der Waals surface area contributed by atoms with Crippen molar-refractivity contribution in [2.24, 2.45) is 5.41 Å². The van der Waals surface area contributed by atoms with Gasteiger partial charge in [0, 0.05) is 93.2 Å². The van der Waals surface area contributed by atoms with Crippen LogP contribution in [0.5, 0.6) is 0 Å². The Labute approximate surface area is 372 Å². The van der Waals surface area contributed by atoms with Gasteiger partial charge < -0.3 is 46.2 Å². The zero-order valence-electron chi connectivity index (χ0n) is 36.1. The lowest BCUT2D eigenvalue weighted by Crippen LogP contribution is -2.62. The molecule has 0 spiro atoms. The second-order valence-corrected chi connectivity index (χ2v) is 16.2. The number of amides is 2. The molecular weight excluding hydrogens is 866 g/mol. The summed E-state index contributed by atoms with van der Waals surface area (Å²) in [6, 6.07) is 9.15. The highest BCUT2D eigenvalue weighted by Gasteiger charge is 2.56. The van der Waals surface area contributed by atoms with Crippen molar-refractivity contribution < 1.29 is 54.9 Å². The number of methoxy groups -OCH3 is 1. The van der Waals surface area contributed by atoms with E-state index >= 15 is 8.78 Å². The largest absolute Gasteiger partial charge is 0.453 e. The maximum atomic E-state index is 15.0. The fourth-order valence-electron chi connectivity index (χ4n) is 7.31. The number of piperazine rings is 1. The molecule has 2 aromatic carbocycles. The molecule has 2 amide bonds. The summed E-state index contributed by atoms with van der Waals surface area (Å²) in [6.07, 6.45) is -2.57. The number of hydrogen-bond acceptors (Lipinski definition) is 11. The summed E-state index contributed by atoms with van der Waals surface area (Å²) < 4.78 is 107. The first-order valence-corrected chi connectivity index (χ1v) is 20.9. The lowest BCUT2D eigenvalue weighted by molar-refractivity contribution is -0.220. The van der Waals surface area contributed by atoms with E-state index < -0.39 is 84.3 Å². The number of carbonyl (C=O) groups is 2. The number of aromatic nitrogens is 1. The molecule has 20 heteroatoms. The Morgan fingerprint density at radius 1 is 0.985 bits per heavy atom. The first-order chi connectivity index (χ1) is 30.9. The van der Waals surface area contributed by atoms with Crippen LogP contribution in [-0.2, 0) is 27.2 Å². The monoisotopic (exact) mass is 918 g/mol. The normalized spacial score (nSPS) is 16.6. The first kappa shape index (κ1) is 50.3. The SMILES string of the molecule is COC(=O)N[C@H](C(=O)N[C@@H](Cc1ccc(C#Cc2ccc(N3CCN(C4CCOCC4)CC3)nc2)cc1)[C@@H](O)CNCc1c(F)cc(C(=N)/C=C\NC(F)F)cc1F)C(C)(C)C(F)(F)F. The molecule has 6 N–H and O–H groups in total. The second kappa shape index (κ2) is 22.9. The minimum atomic E-state index is -4.98. The molecule has 2 fully saturated rings. The third kappa shape index (κ3) is 14.1. The topological polar surface area (TPSA) is 164 Å². The number of alkyl halides is 5. The number of nitrogens with one attached hydrogen (secondary N) is 5. The number of pyridine rings is 1. The van der Waals surface area contributed by atoms with Crippen molar-refractivity contribution in [1.82, 2.24) is 31.2 Å². The van der Waals surface area contributed by atoms with Crippen molar-refractivity contribution in [3.8, 4) is 11.8 Å². The van der Waals surface area contributed by atoms with Crippen LogP contribution in [0.3, 0.4) is 0 Å². The molecule has 2 aliphatic heterocycles. The Bertz CT molecular complexity index is 2140. The van der Waals surface area contributed by atoms with Gasteiger partial charge in [-0.3, -0.25) is 9.69 Å². The van der Waals surface area contributed by atoms with Crippen LogP contribution in [0.2, 0.25) is 0 Å². The van der Waals surface area contributed by atoms with E-state index in [4.69, 9.17) is 10.1 Å².